The Morgan fingerprint density at radius 3 is 2.59 bits per heavy atom. The molecule has 0 amide bonds. The van der Waals surface area contributed by atoms with Crippen LogP contribution < -0.4 is 10.5 Å². The van der Waals surface area contributed by atoms with Crippen LogP contribution in [0.3, 0.4) is 0 Å². The van der Waals surface area contributed by atoms with E-state index in [0.29, 0.717) is 18.4 Å². The van der Waals surface area contributed by atoms with Crippen LogP contribution in [0.2, 0.25) is 0 Å². The van der Waals surface area contributed by atoms with E-state index >= 15 is 0 Å². The lowest BCUT2D eigenvalue weighted by atomic mass is 10.1. The van der Waals surface area contributed by atoms with Crippen molar-refractivity contribution in [3.8, 4) is 0 Å². The first-order valence-corrected chi connectivity index (χ1v) is 7.04. The molecule has 1 aromatic rings. The Kier molecular flexibility index (Phi) is 3.30. The fourth-order valence-electron chi connectivity index (χ4n) is 1.62. The van der Waals surface area contributed by atoms with Crippen molar-refractivity contribution in [2.24, 2.45) is 11.8 Å². The molecule has 1 fully saturated rings. The molecule has 7 heteroatoms. The molecule has 0 saturated heterocycles. The summed E-state index contributed by atoms with van der Waals surface area (Å²) in [4.78, 5) is 7.39. The van der Waals surface area contributed by atoms with Gasteiger partial charge in [0.15, 0.2) is 0 Å². The zero-order valence-electron chi connectivity index (χ0n) is 9.63. The van der Waals surface area contributed by atoms with Crippen LogP contribution in [0.25, 0.3) is 0 Å². The topological polar surface area (TPSA) is 98.0 Å². The molecule has 1 aromatic heterocycles. The quantitative estimate of drug-likeness (QED) is 0.793. The van der Waals surface area contributed by atoms with Gasteiger partial charge in [-0.25, -0.2) is 23.1 Å². The third-order valence-electron chi connectivity index (χ3n) is 2.98. The van der Waals surface area contributed by atoms with E-state index in [1.54, 1.807) is 0 Å². The van der Waals surface area contributed by atoms with Crippen LogP contribution in [0, 0.1) is 11.8 Å². The number of sulfonamides is 1. The van der Waals surface area contributed by atoms with Gasteiger partial charge >= 0.3 is 0 Å². The Labute approximate surface area is 101 Å². The highest BCUT2D eigenvalue weighted by molar-refractivity contribution is 7.89. The lowest BCUT2D eigenvalue weighted by Crippen LogP contribution is -2.29. The van der Waals surface area contributed by atoms with Crippen molar-refractivity contribution >= 4 is 16.0 Å². The van der Waals surface area contributed by atoms with Gasteiger partial charge in [0, 0.05) is 6.54 Å². The molecule has 0 spiro atoms. The van der Waals surface area contributed by atoms with E-state index in [1.807, 2.05) is 0 Å². The van der Waals surface area contributed by atoms with Gasteiger partial charge < -0.3 is 5.73 Å². The molecular formula is C10H16N4O2S. The predicted molar refractivity (Wildman–Crippen MR) is 63.5 cm³/mol. The Bertz CT molecular complexity index is 482. The van der Waals surface area contributed by atoms with Gasteiger partial charge in [-0.2, -0.15) is 0 Å². The second-order valence-electron chi connectivity index (χ2n) is 4.44. The zero-order chi connectivity index (χ0) is 12.5. The van der Waals surface area contributed by atoms with E-state index in [0.717, 1.165) is 0 Å². The molecule has 2 rings (SSSR count). The minimum atomic E-state index is -3.51. The van der Waals surface area contributed by atoms with Gasteiger partial charge in [0.05, 0.1) is 12.4 Å². The van der Waals surface area contributed by atoms with Crippen molar-refractivity contribution in [2.75, 3.05) is 12.3 Å². The largest absolute Gasteiger partial charge is 0.368 e. The molecule has 0 bridgehead atoms. The third kappa shape index (κ3) is 3.13. The van der Waals surface area contributed by atoms with Gasteiger partial charge in [-0.1, -0.05) is 6.92 Å². The maximum absolute atomic E-state index is 11.9. The zero-order valence-corrected chi connectivity index (χ0v) is 10.4. The highest BCUT2D eigenvalue weighted by Crippen LogP contribution is 2.36. The van der Waals surface area contributed by atoms with Crippen molar-refractivity contribution in [1.29, 1.82) is 0 Å². The summed E-state index contributed by atoms with van der Waals surface area (Å²) in [5, 5.41) is 0. The summed E-state index contributed by atoms with van der Waals surface area (Å²) in [6.07, 6.45) is 4.83. The van der Waals surface area contributed by atoms with E-state index in [1.165, 1.54) is 25.2 Å². The summed E-state index contributed by atoms with van der Waals surface area (Å²) < 4.78 is 26.3. The molecule has 0 aromatic carbocycles. The van der Waals surface area contributed by atoms with E-state index < -0.39 is 10.0 Å². The Morgan fingerprint density at radius 2 is 2.06 bits per heavy atom. The van der Waals surface area contributed by atoms with Gasteiger partial charge in [0.25, 0.3) is 0 Å². The predicted octanol–water partition coefficient (Wildman–Crippen LogP) is 0.383. The number of nitrogens with two attached hydrogens (primary N) is 1. The van der Waals surface area contributed by atoms with Crippen LogP contribution in [0.1, 0.15) is 19.8 Å². The molecule has 0 aliphatic heterocycles. The molecular weight excluding hydrogens is 240 g/mol. The first kappa shape index (κ1) is 12.3. The molecule has 17 heavy (non-hydrogen) atoms. The molecule has 1 aliphatic carbocycles. The van der Waals surface area contributed by atoms with E-state index in [2.05, 4.69) is 21.6 Å². The second kappa shape index (κ2) is 4.58. The lowest BCUT2D eigenvalue weighted by Gasteiger charge is -2.11. The van der Waals surface area contributed by atoms with Gasteiger partial charge in [-0.15, -0.1) is 0 Å². The third-order valence-corrected chi connectivity index (χ3v) is 4.36. The summed E-state index contributed by atoms with van der Waals surface area (Å²) in [5.74, 6) is 1.11. The average molecular weight is 256 g/mol. The van der Waals surface area contributed by atoms with Crippen LogP contribution in [0.4, 0.5) is 5.95 Å². The Hall–Kier alpha value is -1.21. The molecule has 3 N–H and O–H groups in total. The van der Waals surface area contributed by atoms with Crippen molar-refractivity contribution in [2.45, 2.75) is 24.7 Å². The molecule has 1 saturated carbocycles. The van der Waals surface area contributed by atoms with Crippen molar-refractivity contribution in [1.82, 2.24) is 14.7 Å². The molecule has 6 nitrogen and oxygen atoms in total. The number of rotatable bonds is 5. The number of hydrogen-bond donors (Lipinski definition) is 2. The first-order valence-electron chi connectivity index (χ1n) is 5.56. The van der Waals surface area contributed by atoms with Crippen LogP contribution in [0.15, 0.2) is 17.3 Å². The van der Waals surface area contributed by atoms with Gasteiger partial charge in [0.2, 0.25) is 16.0 Å². The minimum absolute atomic E-state index is 0.0506. The van der Waals surface area contributed by atoms with Crippen LogP contribution in [-0.2, 0) is 10.0 Å². The van der Waals surface area contributed by atoms with Gasteiger partial charge in [-0.05, 0) is 24.7 Å². The first-order chi connectivity index (χ1) is 7.99. The summed E-state index contributed by atoms with van der Waals surface area (Å²) in [6.45, 7) is 2.51. The molecule has 1 atom stereocenters. The fraction of sp³-hybridized carbons (Fsp3) is 0.600. The smallest absolute Gasteiger partial charge is 0.243 e. The SMILES string of the molecule is CC(CNS(=O)(=O)c1cnc(N)nc1)C1CC1. The molecule has 94 valence electrons. The maximum Gasteiger partial charge on any atom is 0.243 e. The van der Waals surface area contributed by atoms with Crippen LogP contribution in [0.5, 0.6) is 0 Å². The minimum Gasteiger partial charge on any atom is -0.368 e. The average Bonchev–Trinajstić information content (AvgIpc) is 3.10. The van der Waals surface area contributed by atoms with Crippen molar-refractivity contribution in [3.05, 3.63) is 12.4 Å². The molecule has 1 aliphatic rings. The number of aromatic nitrogens is 2. The standard InChI is InChI=1S/C10H16N4O2S/c1-7(8-2-3-8)4-14-17(15,16)9-5-12-10(11)13-6-9/h5-8,14H,2-4H2,1H3,(H2,11,12,13). The number of hydrogen-bond acceptors (Lipinski definition) is 5. The number of nitrogens with one attached hydrogen (secondary N) is 1. The number of anilines is 1. The summed E-state index contributed by atoms with van der Waals surface area (Å²) in [6, 6.07) is 0. The number of nitrogens with zero attached hydrogens (tertiary/aromatic N) is 2. The molecule has 1 unspecified atom stereocenters. The summed E-state index contributed by atoms with van der Waals surface area (Å²) >= 11 is 0. The monoisotopic (exact) mass is 256 g/mol. The van der Waals surface area contributed by atoms with Crippen molar-refractivity contribution < 1.29 is 8.42 Å². The Balaban J connectivity index is 2.00. The highest BCUT2D eigenvalue weighted by atomic mass is 32.2. The molecule has 0 radical (unpaired) electrons. The fourth-order valence-corrected chi connectivity index (χ4v) is 2.65. The Morgan fingerprint density at radius 1 is 1.47 bits per heavy atom. The molecule has 1 heterocycles. The van der Waals surface area contributed by atoms with Gasteiger partial charge in [0.1, 0.15) is 4.90 Å². The lowest BCUT2D eigenvalue weighted by molar-refractivity contribution is 0.491. The second-order valence-corrected chi connectivity index (χ2v) is 6.21. The van der Waals surface area contributed by atoms with Crippen LogP contribution >= 0.6 is 0 Å². The van der Waals surface area contributed by atoms with E-state index in [-0.39, 0.29) is 10.8 Å². The highest BCUT2D eigenvalue weighted by Gasteiger charge is 2.28. The van der Waals surface area contributed by atoms with Gasteiger partial charge in [-0.3, -0.25) is 0 Å². The van der Waals surface area contributed by atoms with Crippen LogP contribution in [-0.4, -0.2) is 24.9 Å². The van der Waals surface area contributed by atoms with E-state index in [4.69, 9.17) is 5.73 Å². The van der Waals surface area contributed by atoms with E-state index in [9.17, 15) is 8.42 Å². The number of nitrogen functional groups attached to an aromatic ring is 1. The maximum atomic E-state index is 11.9. The normalized spacial score (nSPS) is 17.9. The van der Waals surface area contributed by atoms with Crippen molar-refractivity contribution in [3.63, 3.8) is 0 Å². The summed E-state index contributed by atoms with van der Waals surface area (Å²) in [7, 11) is -3.51. The summed E-state index contributed by atoms with van der Waals surface area (Å²) in [5.41, 5.74) is 5.30.